The highest BCUT2D eigenvalue weighted by atomic mass is 19.1. The zero-order chi connectivity index (χ0) is 27.1. The van der Waals surface area contributed by atoms with Gasteiger partial charge in [-0.25, -0.2) is 8.78 Å². The summed E-state index contributed by atoms with van der Waals surface area (Å²) >= 11 is 0. The number of benzene rings is 3. The lowest BCUT2D eigenvalue weighted by Crippen LogP contribution is -2.35. The van der Waals surface area contributed by atoms with E-state index < -0.39 is 23.5 Å². The molecule has 0 amide bonds. The molecule has 2 heterocycles. The fraction of sp³-hybridized carbons (Fsp3) is 0.355. The van der Waals surface area contributed by atoms with Crippen LogP contribution in [0.2, 0.25) is 0 Å². The Bertz CT molecular complexity index is 1390. The molecule has 3 aromatic carbocycles. The number of halogens is 2. The number of likely N-dealkylation sites (tertiary alicyclic amines) is 1. The molecule has 200 valence electrons. The van der Waals surface area contributed by atoms with Crippen molar-refractivity contribution in [3.8, 4) is 23.0 Å². The average molecular weight is 522 g/mol. The Hall–Kier alpha value is -3.58. The van der Waals surface area contributed by atoms with Gasteiger partial charge in [-0.1, -0.05) is 19.1 Å². The normalized spacial score (nSPS) is 20.3. The van der Waals surface area contributed by atoms with Crippen LogP contribution in [-0.2, 0) is 0 Å². The Labute approximate surface area is 221 Å². The number of allylic oxidation sites excluding steroid dienone is 1. The molecule has 3 aromatic rings. The van der Waals surface area contributed by atoms with E-state index in [1.165, 1.54) is 12.5 Å². The van der Waals surface area contributed by atoms with Crippen LogP contribution in [0.3, 0.4) is 0 Å². The molecule has 5 nitrogen and oxygen atoms in total. The Balaban J connectivity index is 1.48. The summed E-state index contributed by atoms with van der Waals surface area (Å²) in [5.74, 6) is -1.08. The molecule has 0 bridgehead atoms. The van der Waals surface area contributed by atoms with Gasteiger partial charge in [0.15, 0.2) is 17.4 Å². The van der Waals surface area contributed by atoms with Crippen molar-refractivity contribution in [3.05, 3.63) is 82.4 Å². The van der Waals surface area contributed by atoms with Crippen molar-refractivity contribution < 1.29 is 28.5 Å². The second-order valence-corrected chi connectivity index (χ2v) is 10.5. The van der Waals surface area contributed by atoms with Crippen LogP contribution in [0.25, 0.3) is 11.1 Å². The molecule has 1 saturated heterocycles. The lowest BCUT2D eigenvalue weighted by atomic mass is 9.84. The molecule has 0 aliphatic carbocycles. The Morgan fingerprint density at radius 3 is 2.50 bits per heavy atom. The molecular formula is C31H33F2NO4. The summed E-state index contributed by atoms with van der Waals surface area (Å²) in [5, 5.41) is 20.2. The quantitative estimate of drug-likeness (QED) is 0.371. The highest BCUT2D eigenvalue weighted by molar-refractivity contribution is 5.96. The fourth-order valence-corrected chi connectivity index (χ4v) is 5.48. The average Bonchev–Trinajstić information content (AvgIpc) is 3.34. The van der Waals surface area contributed by atoms with Gasteiger partial charge >= 0.3 is 0 Å². The number of nitrogens with zero attached hydrogens (tertiary/aromatic N) is 1. The minimum absolute atomic E-state index is 0.0442. The first-order valence-electron chi connectivity index (χ1n) is 13.0. The van der Waals surface area contributed by atoms with E-state index in [0.29, 0.717) is 46.6 Å². The maximum Gasteiger partial charge on any atom is 0.188 e. The van der Waals surface area contributed by atoms with Crippen molar-refractivity contribution in [1.82, 2.24) is 4.90 Å². The van der Waals surface area contributed by atoms with Gasteiger partial charge in [0.1, 0.15) is 30.0 Å². The van der Waals surface area contributed by atoms with Crippen LogP contribution in [-0.4, -0.2) is 40.9 Å². The third kappa shape index (κ3) is 4.83. The third-order valence-electron chi connectivity index (χ3n) is 7.69. The SMILES string of the molecule is CC1=C(c2c(C)cc(F)c(O)c2F)C(c2ccc(OCC(C)N3CCC(C)C3)cc2)Oc2ccc(O)cc21. The van der Waals surface area contributed by atoms with Crippen LogP contribution in [0.15, 0.2) is 48.5 Å². The van der Waals surface area contributed by atoms with Crippen molar-refractivity contribution in [2.75, 3.05) is 19.7 Å². The zero-order valence-electron chi connectivity index (χ0n) is 22.1. The van der Waals surface area contributed by atoms with E-state index in [9.17, 15) is 14.6 Å². The molecule has 2 aliphatic heterocycles. The first kappa shape index (κ1) is 26.0. The zero-order valence-corrected chi connectivity index (χ0v) is 22.1. The predicted molar refractivity (Wildman–Crippen MR) is 143 cm³/mol. The number of rotatable bonds is 6. The molecule has 0 aromatic heterocycles. The molecule has 2 N–H and O–H groups in total. The van der Waals surface area contributed by atoms with Crippen molar-refractivity contribution in [3.63, 3.8) is 0 Å². The molecule has 0 radical (unpaired) electrons. The minimum Gasteiger partial charge on any atom is -0.508 e. The molecule has 5 rings (SSSR count). The Morgan fingerprint density at radius 2 is 1.82 bits per heavy atom. The van der Waals surface area contributed by atoms with Gasteiger partial charge in [0.2, 0.25) is 0 Å². The van der Waals surface area contributed by atoms with Crippen molar-refractivity contribution >= 4 is 11.1 Å². The van der Waals surface area contributed by atoms with E-state index in [0.717, 1.165) is 30.5 Å². The van der Waals surface area contributed by atoms with Gasteiger partial charge in [0.05, 0.1) is 0 Å². The third-order valence-corrected chi connectivity index (χ3v) is 7.69. The molecule has 0 saturated carbocycles. The molecular weight excluding hydrogens is 488 g/mol. The van der Waals surface area contributed by atoms with E-state index >= 15 is 4.39 Å². The summed E-state index contributed by atoms with van der Waals surface area (Å²) in [4.78, 5) is 2.44. The smallest absolute Gasteiger partial charge is 0.188 e. The first-order chi connectivity index (χ1) is 18.1. The predicted octanol–water partition coefficient (Wildman–Crippen LogP) is 6.86. The Kier molecular flexibility index (Phi) is 7.05. The molecule has 3 atom stereocenters. The van der Waals surface area contributed by atoms with Crippen LogP contribution in [0.1, 0.15) is 55.5 Å². The van der Waals surface area contributed by atoms with Gasteiger partial charge in [-0.05, 0) is 92.8 Å². The van der Waals surface area contributed by atoms with Crippen molar-refractivity contribution in [1.29, 1.82) is 0 Å². The van der Waals surface area contributed by atoms with E-state index in [2.05, 4.69) is 18.7 Å². The van der Waals surface area contributed by atoms with Crippen molar-refractivity contribution in [2.45, 2.75) is 46.3 Å². The highest BCUT2D eigenvalue weighted by Gasteiger charge is 2.33. The summed E-state index contributed by atoms with van der Waals surface area (Å²) in [6.45, 7) is 10.6. The van der Waals surface area contributed by atoms with Gasteiger partial charge in [0, 0.05) is 29.3 Å². The van der Waals surface area contributed by atoms with Gasteiger partial charge in [-0.3, -0.25) is 4.90 Å². The number of hydrogen-bond donors (Lipinski definition) is 2. The molecule has 2 aliphatic rings. The summed E-state index contributed by atoms with van der Waals surface area (Å²) in [7, 11) is 0. The number of aromatic hydroxyl groups is 2. The van der Waals surface area contributed by atoms with Crippen LogP contribution in [0.5, 0.6) is 23.0 Å². The summed E-state index contributed by atoms with van der Waals surface area (Å²) in [6.07, 6.45) is 0.480. The summed E-state index contributed by atoms with van der Waals surface area (Å²) in [6, 6.07) is 13.6. The molecule has 7 heteroatoms. The van der Waals surface area contributed by atoms with Crippen LogP contribution < -0.4 is 9.47 Å². The molecule has 3 unspecified atom stereocenters. The minimum atomic E-state index is -1.04. The number of aryl methyl sites for hydroxylation is 1. The van der Waals surface area contributed by atoms with E-state index in [1.807, 2.05) is 24.3 Å². The molecule has 38 heavy (non-hydrogen) atoms. The number of phenols is 2. The summed E-state index contributed by atoms with van der Waals surface area (Å²) < 4.78 is 41.9. The highest BCUT2D eigenvalue weighted by Crippen LogP contribution is 2.49. The lowest BCUT2D eigenvalue weighted by Gasteiger charge is -2.32. The van der Waals surface area contributed by atoms with E-state index in [-0.39, 0.29) is 11.3 Å². The second kappa shape index (κ2) is 10.3. The Morgan fingerprint density at radius 1 is 1.08 bits per heavy atom. The van der Waals surface area contributed by atoms with Crippen LogP contribution >= 0.6 is 0 Å². The topological polar surface area (TPSA) is 62.2 Å². The van der Waals surface area contributed by atoms with Gasteiger partial charge < -0.3 is 19.7 Å². The van der Waals surface area contributed by atoms with Gasteiger partial charge in [0.25, 0.3) is 0 Å². The number of ether oxygens (including phenoxy) is 2. The standard InChI is InChI=1S/C31H33F2NO4/c1-17-11-12-34(15-17)19(3)16-37-23-8-5-21(6-9-23)31-28(27-18(2)13-25(32)30(36)29(27)33)20(4)24-14-22(35)7-10-26(24)38-31/h5-10,13-14,17,19,31,35-36H,11-12,15-16H2,1-4H3. The molecule has 1 fully saturated rings. The largest absolute Gasteiger partial charge is 0.508 e. The number of hydrogen-bond acceptors (Lipinski definition) is 5. The maximum atomic E-state index is 15.4. The van der Waals surface area contributed by atoms with Crippen LogP contribution in [0.4, 0.5) is 8.78 Å². The van der Waals surface area contributed by atoms with E-state index in [1.54, 1.807) is 26.0 Å². The van der Waals surface area contributed by atoms with Crippen molar-refractivity contribution in [2.24, 2.45) is 5.92 Å². The lowest BCUT2D eigenvalue weighted by molar-refractivity contribution is 0.169. The number of phenolic OH excluding ortho intramolecular Hbond substituents is 2. The maximum absolute atomic E-state index is 15.4. The fourth-order valence-electron chi connectivity index (χ4n) is 5.48. The van der Waals surface area contributed by atoms with E-state index in [4.69, 9.17) is 9.47 Å². The van der Waals surface area contributed by atoms with Crippen LogP contribution in [0, 0.1) is 24.5 Å². The van der Waals surface area contributed by atoms with Gasteiger partial charge in [-0.2, -0.15) is 0 Å². The molecule has 0 spiro atoms. The summed E-state index contributed by atoms with van der Waals surface area (Å²) in [5.41, 5.74) is 2.87. The number of fused-ring (bicyclic) bond motifs is 1. The second-order valence-electron chi connectivity index (χ2n) is 10.5. The van der Waals surface area contributed by atoms with Gasteiger partial charge in [-0.15, -0.1) is 0 Å². The first-order valence-corrected chi connectivity index (χ1v) is 13.0. The monoisotopic (exact) mass is 521 g/mol.